The van der Waals surface area contributed by atoms with Crippen LogP contribution in [0.5, 0.6) is 0 Å². The Morgan fingerprint density at radius 1 is 1.15 bits per heavy atom. The number of nitrogens with zero attached hydrogens (tertiary/aromatic N) is 2. The highest BCUT2D eigenvalue weighted by Crippen LogP contribution is 2.25. The van der Waals surface area contributed by atoms with E-state index in [0.717, 1.165) is 25.2 Å². The molecule has 0 radical (unpaired) electrons. The Morgan fingerprint density at radius 2 is 1.88 bits per heavy atom. The number of hydrogen-bond donors (Lipinski definition) is 1. The molecule has 0 aliphatic carbocycles. The van der Waals surface area contributed by atoms with Crippen LogP contribution in [-0.4, -0.2) is 28.8 Å². The first kappa shape index (κ1) is 18.4. The fraction of sp³-hybridized carbons (Fsp3) is 0.316. The minimum Gasteiger partial charge on any atom is -0.348 e. The molecule has 0 atom stereocenters. The predicted molar refractivity (Wildman–Crippen MR) is 100 cm³/mol. The molecule has 1 aliphatic heterocycles. The summed E-state index contributed by atoms with van der Waals surface area (Å²) in [5.74, 6) is -0.366. The lowest BCUT2D eigenvalue weighted by atomic mass is 10.1. The molecule has 1 N–H and O–H groups in total. The van der Waals surface area contributed by atoms with Gasteiger partial charge in [0.25, 0.3) is 11.6 Å². The van der Waals surface area contributed by atoms with Crippen LogP contribution in [0, 0.1) is 10.1 Å². The van der Waals surface area contributed by atoms with E-state index in [1.165, 1.54) is 36.6 Å². The summed E-state index contributed by atoms with van der Waals surface area (Å²) in [6.45, 7) is 3.56. The molecule has 0 saturated carbocycles. The highest BCUT2D eigenvalue weighted by Gasteiger charge is 2.16. The Bertz CT molecular complexity index is 819. The van der Waals surface area contributed by atoms with E-state index in [9.17, 15) is 14.9 Å². The maximum Gasteiger partial charge on any atom is 0.288 e. The third-order valence-corrected chi connectivity index (χ3v) is 4.77. The van der Waals surface area contributed by atoms with Crippen molar-refractivity contribution in [3.05, 3.63) is 74.3 Å². The number of nitro benzene ring substituents is 1. The second-order valence-electron chi connectivity index (χ2n) is 6.41. The van der Waals surface area contributed by atoms with E-state index in [0.29, 0.717) is 6.54 Å². The Morgan fingerprint density at radius 3 is 2.62 bits per heavy atom. The number of carbonyl (C=O) groups is 1. The highest BCUT2D eigenvalue weighted by atomic mass is 35.5. The second-order valence-corrected chi connectivity index (χ2v) is 6.82. The SMILES string of the molecule is O=C(NCc1cccc(CN2CCCC2)c1)c1ccc(Cl)c([N+](=O)[O-])c1. The van der Waals surface area contributed by atoms with Gasteiger partial charge in [-0.25, -0.2) is 0 Å². The van der Waals surface area contributed by atoms with Gasteiger partial charge >= 0.3 is 0 Å². The molecule has 1 heterocycles. The van der Waals surface area contributed by atoms with Crippen molar-refractivity contribution in [3.63, 3.8) is 0 Å². The maximum atomic E-state index is 12.3. The average molecular weight is 374 g/mol. The van der Waals surface area contributed by atoms with E-state index in [2.05, 4.69) is 22.3 Å². The summed E-state index contributed by atoms with van der Waals surface area (Å²) in [5.41, 5.74) is 2.17. The number of amides is 1. The van der Waals surface area contributed by atoms with Crippen LogP contribution in [0.1, 0.15) is 34.3 Å². The first-order valence-corrected chi connectivity index (χ1v) is 8.93. The molecule has 1 fully saturated rings. The van der Waals surface area contributed by atoms with Gasteiger partial charge in [0.05, 0.1) is 4.92 Å². The lowest BCUT2D eigenvalue weighted by Gasteiger charge is -2.15. The van der Waals surface area contributed by atoms with Gasteiger partial charge in [-0.3, -0.25) is 19.8 Å². The molecule has 0 bridgehead atoms. The molecule has 0 aromatic heterocycles. The predicted octanol–water partition coefficient (Wildman–Crippen LogP) is 3.77. The summed E-state index contributed by atoms with van der Waals surface area (Å²) in [6.07, 6.45) is 2.51. The molecule has 2 aromatic rings. The van der Waals surface area contributed by atoms with Gasteiger partial charge in [-0.1, -0.05) is 35.9 Å². The van der Waals surface area contributed by atoms with Gasteiger partial charge in [0.1, 0.15) is 5.02 Å². The zero-order valence-electron chi connectivity index (χ0n) is 14.3. The maximum absolute atomic E-state index is 12.3. The van der Waals surface area contributed by atoms with Crippen LogP contribution in [0.3, 0.4) is 0 Å². The van der Waals surface area contributed by atoms with Crippen molar-refractivity contribution in [1.29, 1.82) is 0 Å². The van der Waals surface area contributed by atoms with E-state index in [-0.39, 0.29) is 22.2 Å². The fourth-order valence-electron chi connectivity index (χ4n) is 3.12. The molecular weight excluding hydrogens is 354 g/mol. The monoisotopic (exact) mass is 373 g/mol. The van der Waals surface area contributed by atoms with Crippen molar-refractivity contribution in [2.45, 2.75) is 25.9 Å². The quantitative estimate of drug-likeness (QED) is 0.617. The van der Waals surface area contributed by atoms with Gasteiger partial charge in [0, 0.05) is 24.7 Å². The smallest absolute Gasteiger partial charge is 0.288 e. The van der Waals surface area contributed by atoms with Crippen LogP contribution in [-0.2, 0) is 13.1 Å². The molecule has 1 saturated heterocycles. The summed E-state index contributed by atoms with van der Waals surface area (Å²) in [5, 5.41) is 13.8. The first-order valence-electron chi connectivity index (χ1n) is 8.55. The highest BCUT2D eigenvalue weighted by molar-refractivity contribution is 6.32. The van der Waals surface area contributed by atoms with E-state index in [4.69, 9.17) is 11.6 Å². The minimum atomic E-state index is -0.596. The van der Waals surface area contributed by atoms with E-state index >= 15 is 0 Å². The first-order chi connectivity index (χ1) is 12.5. The number of benzene rings is 2. The summed E-state index contributed by atoms with van der Waals surface area (Å²) in [6, 6.07) is 12.2. The molecule has 3 rings (SSSR count). The van der Waals surface area contributed by atoms with Gasteiger partial charge in [-0.2, -0.15) is 0 Å². The zero-order valence-corrected chi connectivity index (χ0v) is 15.0. The number of nitro groups is 1. The van der Waals surface area contributed by atoms with Crippen molar-refractivity contribution in [3.8, 4) is 0 Å². The van der Waals surface area contributed by atoms with Crippen molar-refractivity contribution in [2.24, 2.45) is 0 Å². The molecule has 7 heteroatoms. The Balaban J connectivity index is 1.62. The Hall–Kier alpha value is -2.44. The van der Waals surface area contributed by atoms with Gasteiger partial charge in [-0.05, 0) is 49.2 Å². The number of carbonyl (C=O) groups excluding carboxylic acids is 1. The molecule has 6 nitrogen and oxygen atoms in total. The Kier molecular flexibility index (Phi) is 5.85. The molecule has 0 spiro atoms. The van der Waals surface area contributed by atoms with Crippen LogP contribution in [0.4, 0.5) is 5.69 Å². The molecule has 2 aromatic carbocycles. The topological polar surface area (TPSA) is 75.5 Å². The van der Waals surface area contributed by atoms with Gasteiger partial charge in [-0.15, -0.1) is 0 Å². The van der Waals surface area contributed by atoms with E-state index < -0.39 is 4.92 Å². The van der Waals surface area contributed by atoms with Crippen molar-refractivity contribution < 1.29 is 9.72 Å². The van der Waals surface area contributed by atoms with Crippen LogP contribution < -0.4 is 5.32 Å². The Labute approximate surface area is 156 Å². The number of nitrogens with one attached hydrogen (secondary N) is 1. The number of halogens is 1. The third kappa shape index (κ3) is 4.59. The number of rotatable bonds is 6. The average Bonchev–Trinajstić information content (AvgIpc) is 3.13. The summed E-state index contributed by atoms with van der Waals surface area (Å²) < 4.78 is 0. The molecule has 0 unspecified atom stereocenters. The van der Waals surface area contributed by atoms with E-state index in [1.807, 2.05) is 12.1 Å². The molecule has 26 heavy (non-hydrogen) atoms. The number of likely N-dealkylation sites (tertiary alicyclic amines) is 1. The van der Waals surface area contributed by atoms with E-state index in [1.54, 1.807) is 0 Å². The minimum absolute atomic E-state index is 0.0150. The third-order valence-electron chi connectivity index (χ3n) is 4.45. The van der Waals surface area contributed by atoms with Crippen LogP contribution in [0.2, 0.25) is 5.02 Å². The van der Waals surface area contributed by atoms with Crippen molar-refractivity contribution >= 4 is 23.2 Å². The molecular formula is C19H20ClN3O3. The van der Waals surface area contributed by atoms with Crippen molar-refractivity contribution in [2.75, 3.05) is 13.1 Å². The molecule has 1 aliphatic rings. The summed E-state index contributed by atoms with van der Waals surface area (Å²) >= 11 is 5.78. The van der Waals surface area contributed by atoms with Crippen LogP contribution in [0.15, 0.2) is 42.5 Å². The van der Waals surface area contributed by atoms with Crippen LogP contribution in [0.25, 0.3) is 0 Å². The normalized spacial score (nSPS) is 14.3. The second kappa shape index (κ2) is 8.29. The van der Waals surface area contributed by atoms with Gasteiger partial charge in [0.2, 0.25) is 0 Å². The lowest BCUT2D eigenvalue weighted by molar-refractivity contribution is -0.384. The van der Waals surface area contributed by atoms with Gasteiger partial charge < -0.3 is 5.32 Å². The summed E-state index contributed by atoms with van der Waals surface area (Å²) in [7, 11) is 0. The number of hydrogen-bond acceptors (Lipinski definition) is 4. The lowest BCUT2D eigenvalue weighted by Crippen LogP contribution is -2.23. The summed E-state index contributed by atoms with van der Waals surface area (Å²) in [4.78, 5) is 25.0. The largest absolute Gasteiger partial charge is 0.348 e. The van der Waals surface area contributed by atoms with Crippen molar-refractivity contribution in [1.82, 2.24) is 10.2 Å². The fourth-order valence-corrected chi connectivity index (χ4v) is 3.30. The molecule has 1 amide bonds. The zero-order chi connectivity index (χ0) is 18.5. The standard InChI is InChI=1S/C19H20ClN3O3/c20-17-7-6-16(11-18(17)23(25)26)19(24)21-12-14-4-3-5-15(10-14)13-22-8-1-2-9-22/h3-7,10-11H,1-2,8-9,12-13H2,(H,21,24). The molecule has 136 valence electrons. The van der Waals surface area contributed by atoms with Gasteiger partial charge in [0.15, 0.2) is 0 Å². The van der Waals surface area contributed by atoms with Crippen LogP contribution >= 0.6 is 11.6 Å².